The van der Waals surface area contributed by atoms with Crippen LogP contribution in [0.25, 0.3) is 0 Å². The number of rotatable bonds is 12. The molecule has 0 bridgehead atoms. The summed E-state index contributed by atoms with van der Waals surface area (Å²) in [6.45, 7) is 10.6. The summed E-state index contributed by atoms with van der Waals surface area (Å²) in [5, 5.41) is 13.1. The SMILES string of the molecule is CC(C)(CCCCN([O-])CCCCC(C)(C)C1COC1=O)C1COC1=O. The molecular formula is C20H34NO5-. The summed E-state index contributed by atoms with van der Waals surface area (Å²) in [7, 11) is 0. The minimum atomic E-state index is -0.0847. The third-order valence-corrected chi connectivity index (χ3v) is 6.20. The fourth-order valence-electron chi connectivity index (χ4n) is 3.76. The van der Waals surface area contributed by atoms with Crippen molar-refractivity contribution in [1.82, 2.24) is 5.06 Å². The van der Waals surface area contributed by atoms with Crippen LogP contribution in [0.4, 0.5) is 0 Å². The van der Waals surface area contributed by atoms with E-state index in [1.807, 2.05) is 0 Å². The third kappa shape index (κ3) is 5.43. The first-order valence-corrected chi connectivity index (χ1v) is 9.89. The topological polar surface area (TPSA) is 78.9 Å². The molecule has 0 aromatic heterocycles. The van der Waals surface area contributed by atoms with Gasteiger partial charge >= 0.3 is 11.9 Å². The molecule has 2 rings (SSSR count). The number of nitrogens with zero attached hydrogens (tertiary/aromatic N) is 1. The predicted octanol–water partition coefficient (Wildman–Crippen LogP) is 3.53. The fourth-order valence-corrected chi connectivity index (χ4v) is 3.76. The maximum Gasteiger partial charge on any atom is 0.312 e. The lowest BCUT2D eigenvalue weighted by Crippen LogP contribution is -2.44. The van der Waals surface area contributed by atoms with E-state index in [9.17, 15) is 14.8 Å². The van der Waals surface area contributed by atoms with Crippen molar-refractivity contribution in [1.29, 1.82) is 0 Å². The Bertz CT molecular complexity index is 458. The van der Waals surface area contributed by atoms with Gasteiger partial charge in [0.2, 0.25) is 0 Å². The van der Waals surface area contributed by atoms with Gasteiger partial charge in [0.15, 0.2) is 0 Å². The van der Waals surface area contributed by atoms with Gasteiger partial charge in [0.05, 0.1) is 11.8 Å². The van der Waals surface area contributed by atoms with Crippen LogP contribution in [0.5, 0.6) is 0 Å². The molecule has 150 valence electrons. The van der Waals surface area contributed by atoms with E-state index in [0.717, 1.165) is 43.6 Å². The van der Waals surface area contributed by atoms with Crippen LogP contribution >= 0.6 is 0 Å². The number of hydrogen-bond donors (Lipinski definition) is 0. The Kier molecular flexibility index (Phi) is 7.08. The van der Waals surface area contributed by atoms with E-state index < -0.39 is 0 Å². The number of hydroxylamine groups is 2. The van der Waals surface area contributed by atoms with Gasteiger partial charge in [-0.2, -0.15) is 0 Å². The highest BCUT2D eigenvalue weighted by Gasteiger charge is 2.43. The summed E-state index contributed by atoms with van der Waals surface area (Å²) in [4.78, 5) is 22.8. The zero-order valence-electron chi connectivity index (χ0n) is 16.7. The number of hydrogen-bond acceptors (Lipinski definition) is 6. The Morgan fingerprint density at radius 3 is 1.50 bits per heavy atom. The van der Waals surface area contributed by atoms with Crippen molar-refractivity contribution >= 4 is 11.9 Å². The molecule has 26 heavy (non-hydrogen) atoms. The molecule has 6 heteroatoms. The molecular weight excluding hydrogens is 334 g/mol. The molecule has 6 nitrogen and oxygen atoms in total. The summed E-state index contributed by atoms with van der Waals surface area (Å²) < 4.78 is 9.72. The van der Waals surface area contributed by atoms with Gasteiger partial charge in [0.25, 0.3) is 0 Å². The van der Waals surface area contributed by atoms with Crippen molar-refractivity contribution in [2.45, 2.75) is 66.2 Å². The molecule has 0 aliphatic carbocycles. The van der Waals surface area contributed by atoms with Gasteiger partial charge in [0, 0.05) is 0 Å². The van der Waals surface area contributed by atoms with Gasteiger partial charge in [-0.15, -0.1) is 0 Å². The summed E-state index contributed by atoms with van der Waals surface area (Å²) >= 11 is 0. The average Bonchev–Trinajstić information content (AvgIpc) is 2.51. The van der Waals surface area contributed by atoms with Crippen molar-refractivity contribution in [3.63, 3.8) is 0 Å². The summed E-state index contributed by atoms with van der Waals surface area (Å²) in [6, 6.07) is 0. The highest BCUT2D eigenvalue weighted by atomic mass is 16.6. The molecule has 0 radical (unpaired) electrons. The van der Waals surface area contributed by atoms with E-state index in [2.05, 4.69) is 27.7 Å². The van der Waals surface area contributed by atoms with Gasteiger partial charge in [-0.3, -0.25) is 9.59 Å². The van der Waals surface area contributed by atoms with Crippen LogP contribution in [0.2, 0.25) is 0 Å². The van der Waals surface area contributed by atoms with E-state index in [1.54, 1.807) is 0 Å². The number of carbonyl (C=O) groups excluding carboxylic acids is 2. The van der Waals surface area contributed by atoms with Crippen molar-refractivity contribution in [2.75, 3.05) is 26.3 Å². The van der Waals surface area contributed by atoms with Crippen LogP contribution in [0.15, 0.2) is 0 Å². The van der Waals surface area contributed by atoms with Gasteiger partial charge < -0.3 is 19.7 Å². The first-order chi connectivity index (χ1) is 12.1. The maximum absolute atomic E-state index is 12.0. The van der Waals surface area contributed by atoms with Gasteiger partial charge in [0.1, 0.15) is 13.2 Å². The zero-order chi connectivity index (χ0) is 19.4. The lowest BCUT2D eigenvalue weighted by molar-refractivity contribution is -0.179. The van der Waals surface area contributed by atoms with Crippen LogP contribution in [-0.4, -0.2) is 43.3 Å². The van der Waals surface area contributed by atoms with E-state index in [-0.39, 0.29) is 34.6 Å². The fraction of sp³-hybridized carbons (Fsp3) is 0.900. The maximum atomic E-state index is 12.0. The Morgan fingerprint density at radius 1 is 0.846 bits per heavy atom. The monoisotopic (exact) mass is 368 g/mol. The summed E-state index contributed by atoms with van der Waals surface area (Å²) in [5.74, 6) is -0.138. The van der Waals surface area contributed by atoms with Crippen molar-refractivity contribution in [3.05, 3.63) is 5.21 Å². The lowest BCUT2D eigenvalue weighted by atomic mass is 9.73. The minimum absolute atomic E-state index is 0.0159. The molecule has 0 spiro atoms. The summed E-state index contributed by atoms with van der Waals surface area (Å²) in [5.41, 5.74) is -0.0887. The number of ether oxygens (including phenoxy) is 2. The number of cyclic esters (lactones) is 2. The van der Waals surface area contributed by atoms with Gasteiger partial charge in [-0.05, 0) is 49.6 Å². The first-order valence-electron chi connectivity index (χ1n) is 9.89. The Balaban J connectivity index is 1.52. The highest BCUT2D eigenvalue weighted by molar-refractivity contribution is 5.78. The molecule has 0 N–H and O–H groups in total. The number of carbonyl (C=O) groups is 2. The third-order valence-electron chi connectivity index (χ3n) is 6.20. The minimum Gasteiger partial charge on any atom is -0.785 e. The highest BCUT2D eigenvalue weighted by Crippen LogP contribution is 2.38. The molecule has 2 atom stereocenters. The Hall–Kier alpha value is -1.14. The summed E-state index contributed by atoms with van der Waals surface area (Å²) in [6.07, 6.45) is 5.49. The van der Waals surface area contributed by atoms with E-state index in [4.69, 9.17) is 9.47 Å². The van der Waals surface area contributed by atoms with Crippen LogP contribution in [0.1, 0.15) is 66.2 Å². The molecule has 0 saturated carbocycles. The zero-order valence-corrected chi connectivity index (χ0v) is 16.7. The first kappa shape index (κ1) is 21.2. The van der Waals surface area contributed by atoms with Crippen LogP contribution in [-0.2, 0) is 19.1 Å². The van der Waals surface area contributed by atoms with Gasteiger partial charge in [-0.25, -0.2) is 0 Å². The molecule has 0 amide bonds. The molecule has 2 aliphatic rings. The van der Waals surface area contributed by atoms with Crippen molar-refractivity contribution in [3.8, 4) is 0 Å². The van der Waals surface area contributed by atoms with E-state index >= 15 is 0 Å². The largest absolute Gasteiger partial charge is 0.785 e. The van der Waals surface area contributed by atoms with Crippen molar-refractivity contribution in [2.24, 2.45) is 22.7 Å². The molecule has 2 heterocycles. The van der Waals surface area contributed by atoms with E-state index in [1.165, 1.54) is 0 Å². The normalized spacial score (nSPS) is 23.3. The van der Waals surface area contributed by atoms with Crippen LogP contribution in [0, 0.1) is 27.9 Å². The molecule has 2 fully saturated rings. The Morgan fingerprint density at radius 2 is 1.23 bits per heavy atom. The molecule has 2 unspecified atom stereocenters. The second-order valence-electron chi connectivity index (χ2n) is 9.19. The molecule has 2 saturated heterocycles. The van der Waals surface area contributed by atoms with Crippen molar-refractivity contribution < 1.29 is 19.1 Å². The Labute approximate surface area is 157 Å². The smallest absolute Gasteiger partial charge is 0.312 e. The molecule has 0 aromatic carbocycles. The molecule has 0 aromatic rings. The molecule has 2 aliphatic heterocycles. The second-order valence-corrected chi connectivity index (χ2v) is 9.19. The van der Waals surface area contributed by atoms with Crippen LogP contribution in [0.3, 0.4) is 0 Å². The predicted molar refractivity (Wildman–Crippen MR) is 99.1 cm³/mol. The quantitative estimate of drug-likeness (QED) is 0.298. The lowest BCUT2D eigenvalue weighted by Gasteiger charge is -2.38. The standard InChI is InChI=1S/C20H34NO5/c1-19(2,15-13-25-17(15)22)9-5-7-11-21(24)12-8-6-10-20(3,4)16-14-26-18(16)23/h15-16H,5-14H2,1-4H3/q-1. The average molecular weight is 368 g/mol. The van der Waals surface area contributed by atoms with Gasteiger partial charge in [-0.1, -0.05) is 40.5 Å². The van der Waals surface area contributed by atoms with Crippen LogP contribution < -0.4 is 0 Å². The number of unbranched alkanes of at least 4 members (excludes halogenated alkanes) is 2. The van der Waals surface area contributed by atoms with E-state index in [0.29, 0.717) is 26.3 Å². The number of esters is 2. The second kappa shape index (κ2) is 8.70.